The maximum Gasteiger partial charge on any atom is 0.336 e. The van der Waals surface area contributed by atoms with Gasteiger partial charge in [-0.05, 0) is 97.8 Å². The van der Waals surface area contributed by atoms with Crippen molar-refractivity contribution in [2.24, 2.45) is 5.10 Å². The van der Waals surface area contributed by atoms with Crippen LogP contribution in [-0.2, 0) is 11.4 Å². The lowest BCUT2D eigenvalue weighted by Crippen LogP contribution is -2.16. The molecule has 1 N–H and O–H groups in total. The summed E-state index contributed by atoms with van der Waals surface area (Å²) < 4.78 is 24.3. The number of nitro groups is 1. The number of carbonyl (C=O) groups is 2. The van der Waals surface area contributed by atoms with Gasteiger partial charge >= 0.3 is 11.9 Å². The molecular formula is C35H30N4O8. The number of ether oxygens (including phenoxy) is 3. The maximum absolute atomic E-state index is 12.6. The van der Waals surface area contributed by atoms with E-state index in [1.54, 1.807) is 24.3 Å². The Morgan fingerprint density at radius 3 is 2.43 bits per heavy atom. The van der Waals surface area contributed by atoms with Gasteiger partial charge in [0.1, 0.15) is 18.1 Å². The van der Waals surface area contributed by atoms with Crippen molar-refractivity contribution in [3.8, 4) is 22.9 Å². The molecule has 0 atom stereocenters. The van der Waals surface area contributed by atoms with Gasteiger partial charge in [-0.25, -0.2) is 10.2 Å². The summed E-state index contributed by atoms with van der Waals surface area (Å²) in [6.45, 7) is 4.24. The number of amides is 1. The highest BCUT2D eigenvalue weighted by molar-refractivity contribution is 5.92. The average molecular weight is 635 g/mol. The first-order valence-electron chi connectivity index (χ1n) is 14.3. The highest BCUT2D eigenvalue weighted by atomic mass is 16.6. The summed E-state index contributed by atoms with van der Waals surface area (Å²) in [4.78, 5) is 35.3. The fourth-order valence-electron chi connectivity index (χ4n) is 4.62. The van der Waals surface area contributed by atoms with Crippen molar-refractivity contribution in [3.05, 3.63) is 141 Å². The van der Waals surface area contributed by atoms with Crippen LogP contribution >= 0.6 is 0 Å². The number of methoxy groups -OCH3 is 1. The van der Waals surface area contributed by atoms with E-state index >= 15 is 0 Å². The predicted octanol–water partition coefficient (Wildman–Crippen LogP) is 6.57. The predicted molar refractivity (Wildman–Crippen MR) is 174 cm³/mol. The number of hydrogen-bond donors (Lipinski definition) is 1. The zero-order valence-corrected chi connectivity index (χ0v) is 25.7. The van der Waals surface area contributed by atoms with Gasteiger partial charge in [-0.1, -0.05) is 12.1 Å². The summed E-state index contributed by atoms with van der Waals surface area (Å²) >= 11 is 0. The number of esters is 1. The Bertz CT molecular complexity index is 1950. The SMILES string of the molecule is COc1cc(/C=N/NC(=O)c2ccc(COc3ccc(-n4c(C)ccc4C)cc3)o2)ccc1OC(=O)/C=C/c1cccc([N+](=O)[O-])c1. The molecule has 12 heteroatoms. The van der Waals surface area contributed by atoms with Crippen LogP contribution in [0.15, 0.2) is 107 Å². The molecule has 5 aromatic rings. The molecule has 0 radical (unpaired) electrons. The number of benzene rings is 3. The second-order valence-corrected chi connectivity index (χ2v) is 10.2. The average Bonchev–Trinajstić information content (AvgIpc) is 3.69. The molecule has 3 aromatic carbocycles. The highest BCUT2D eigenvalue weighted by Crippen LogP contribution is 2.28. The molecule has 2 heterocycles. The Labute approximate surface area is 269 Å². The quantitative estimate of drug-likeness (QED) is 0.0405. The van der Waals surface area contributed by atoms with Crippen LogP contribution in [0.25, 0.3) is 11.8 Å². The van der Waals surface area contributed by atoms with Crippen molar-refractivity contribution < 1.29 is 33.1 Å². The number of non-ortho nitro benzene ring substituents is 1. The second-order valence-electron chi connectivity index (χ2n) is 10.2. The molecule has 0 aliphatic heterocycles. The highest BCUT2D eigenvalue weighted by Gasteiger charge is 2.13. The Kier molecular flexibility index (Phi) is 9.91. The number of rotatable bonds is 12. The lowest BCUT2D eigenvalue weighted by Gasteiger charge is -2.10. The number of furan rings is 1. The molecule has 2 aromatic heterocycles. The molecule has 5 rings (SSSR count). The Hall–Kier alpha value is -6.43. The Morgan fingerprint density at radius 1 is 0.936 bits per heavy atom. The van der Waals surface area contributed by atoms with Crippen LogP contribution in [0.2, 0.25) is 0 Å². The molecule has 0 saturated heterocycles. The van der Waals surface area contributed by atoms with Crippen molar-refractivity contribution >= 4 is 29.9 Å². The lowest BCUT2D eigenvalue weighted by molar-refractivity contribution is -0.384. The minimum absolute atomic E-state index is 0.0626. The van der Waals surface area contributed by atoms with Crippen molar-refractivity contribution in [1.82, 2.24) is 9.99 Å². The van der Waals surface area contributed by atoms with Crippen molar-refractivity contribution in [1.29, 1.82) is 0 Å². The molecule has 0 bridgehead atoms. The Morgan fingerprint density at radius 2 is 1.70 bits per heavy atom. The fourth-order valence-corrected chi connectivity index (χ4v) is 4.62. The fraction of sp³-hybridized carbons (Fsp3) is 0.114. The van der Waals surface area contributed by atoms with Crippen molar-refractivity contribution in [3.63, 3.8) is 0 Å². The van der Waals surface area contributed by atoms with E-state index in [0.29, 0.717) is 22.6 Å². The third-order valence-corrected chi connectivity index (χ3v) is 6.90. The molecule has 47 heavy (non-hydrogen) atoms. The molecule has 0 aliphatic rings. The zero-order valence-electron chi connectivity index (χ0n) is 25.7. The molecule has 238 valence electrons. The van der Waals surface area contributed by atoms with E-state index < -0.39 is 16.8 Å². The minimum Gasteiger partial charge on any atom is -0.493 e. The van der Waals surface area contributed by atoms with Gasteiger partial charge in [0.15, 0.2) is 17.3 Å². The van der Waals surface area contributed by atoms with Crippen molar-refractivity contribution in [2.75, 3.05) is 7.11 Å². The summed E-state index contributed by atoms with van der Waals surface area (Å²) in [6, 6.07) is 25.6. The van der Waals surface area contributed by atoms with E-state index in [9.17, 15) is 19.7 Å². The van der Waals surface area contributed by atoms with E-state index in [0.717, 1.165) is 23.2 Å². The lowest BCUT2D eigenvalue weighted by atomic mass is 10.2. The number of hydrogen-bond acceptors (Lipinski definition) is 9. The zero-order chi connectivity index (χ0) is 33.3. The van der Waals surface area contributed by atoms with Crippen LogP contribution in [0.5, 0.6) is 17.2 Å². The van der Waals surface area contributed by atoms with Gasteiger partial charge in [-0.2, -0.15) is 5.10 Å². The minimum atomic E-state index is -0.706. The summed E-state index contributed by atoms with van der Waals surface area (Å²) in [7, 11) is 1.41. The first kappa shape index (κ1) is 32.0. The number of nitrogens with zero attached hydrogens (tertiary/aromatic N) is 3. The van der Waals surface area contributed by atoms with Gasteiger partial charge in [0.05, 0.1) is 18.2 Å². The number of nitro benzene ring substituents is 1. The van der Waals surface area contributed by atoms with Crippen LogP contribution in [0, 0.1) is 24.0 Å². The first-order valence-corrected chi connectivity index (χ1v) is 14.3. The molecule has 0 unspecified atom stereocenters. The third kappa shape index (κ3) is 8.19. The number of aryl methyl sites for hydroxylation is 2. The van der Waals surface area contributed by atoms with Crippen LogP contribution in [-0.4, -0.2) is 34.7 Å². The largest absolute Gasteiger partial charge is 0.493 e. The normalized spacial score (nSPS) is 11.1. The van der Waals surface area contributed by atoms with E-state index in [2.05, 4.69) is 41.1 Å². The molecule has 12 nitrogen and oxygen atoms in total. The first-order chi connectivity index (χ1) is 22.7. The topological polar surface area (TPSA) is 147 Å². The number of nitrogens with one attached hydrogen (secondary N) is 1. The Balaban J connectivity index is 1.12. The van der Waals surface area contributed by atoms with Gasteiger partial charge in [-0.3, -0.25) is 14.9 Å². The van der Waals surface area contributed by atoms with Crippen LogP contribution in [0.4, 0.5) is 5.69 Å². The molecule has 0 spiro atoms. The van der Waals surface area contributed by atoms with Crippen molar-refractivity contribution in [2.45, 2.75) is 20.5 Å². The van der Waals surface area contributed by atoms with Gasteiger partial charge in [0.25, 0.3) is 5.69 Å². The summed E-state index contributed by atoms with van der Waals surface area (Å²) in [5, 5.41) is 14.9. The summed E-state index contributed by atoms with van der Waals surface area (Å²) in [5.41, 5.74) is 6.66. The smallest absolute Gasteiger partial charge is 0.336 e. The van der Waals surface area contributed by atoms with Gasteiger partial charge in [0.2, 0.25) is 0 Å². The molecule has 1 amide bonds. The van der Waals surface area contributed by atoms with Crippen LogP contribution in [0.3, 0.4) is 0 Å². The number of carbonyl (C=O) groups excluding carboxylic acids is 2. The molecular weight excluding hydrogens is 604 g/mol. The molecule has 0 aliphatic carbocycles. The van der Waals surface area contributed by atoms with E-state index in [-0.39, 0.29) is 29.6 Å². The van der Waals surface area contributed by atoms with Crippen LogP contribution in [0.1, 0.15) is 38.8 Å². The summed E-state index contributed by atoms with van der Waals surface area (Å²) in [5.74, 6) is 0.330. The number of aromatic nitrogens is 1. The maximum atomic E-state index is 12.6. The van der Waals surface area contributed by atoms with Gasteiger partial charge in [-0.15, -0.1) is 0 Å². The summed E-state index contributed by atoms with van der Waals surface area (Å²) in [6.07, 6.45) is 3.95. The van der Waals surface area contributed by atoms with Crippen LogP contribution < -0.4 is 19.6 Å². The number of hydrazone groups is 1. The monoisotopic (exact) mass is 634 g/mol. The van der Waals surface area contributed by atoms with E-state index in [1.165, 1.54) is 49.7 Å². The molecule has 0 saturated carbocycles. The second kappa shape index (κ2) is 14.6. The van der Waals surface area contributed by atoms with E-state index in [1.807, 2.05) is 24.3 Å². The van der Waals surface area contributed by atoms with Gasteiger partial charge in [0, 0.05) is 35.3 Å². The standard InChI is InChI=1S/C35H30N4O8/c1-23-7-8-24(2)38(23)27-11-13-29(14-12-27)45-22-30-15-17-32(46-30)35(41)37-36-21-26-9-16-31(33(20-26)44-3)47-34(40)18-10-25-5-4-6-28(19-25)39(42)43/h4-21H,22H2,1-3H3,(H,37,41)/b18-10+,36-21+. The van der Waals surface area contributed by atoms with E-state index in [4.69, 9.17) is 18.6 Å². The third-order valence-electron chi connectivity index (χ3n) is 6.90. The van der Waals surface area contributed by atoms with Gasteiger partial charge < -0.3 is 23.2 Å². The molecule has 0 fully saturated rings.